The number of aromatic nitrogens is 2. The molecule has 6 heteroatoms. The summed E-state index contributed by atoms with van der Waals surface area (Å²) >= 11 is 1.28. The number of benzene rings is 1. The number of thiazole rings is 1. The average Bonchev–Trinajstić information content (AvgIpc) is 3.01. The second-order valence-electron chi connectivity index (χ2n) is 4.68. The van der Waals surface area contributed by atoms with Gasteiger partial charge in [-0.15, -0.1) is 11.3 Å². The van der Waals surface area contributed by atoms with Crippen LogP contribution < -0.4 is 0 Å². The maximum atomic E-state index is 11.9. The van der Waals surface area contributed by atoms with Crippen molar-refractivity contribution in [3.05, 3.63) is 34.3 Å². The quantitative estimate of drug-likeness (QED) is 0.689. The Kier molecular flexibility index (Phi) is 3.47. The number of rotatable bonds is 3. The van der Waals surface area contributed by atoms with Crippen LogP contribution in [0.25, 0.3) is 21.7 Å². The van der Waals surface area contributed by atoms with Gasteiger partial charge in [-0.2, -0.15) is 0 Å². The molecule has 1 aromatic carbocycles. The number of fused-ring (bicyclic) bond motifs is 1. The zero-order valence-corrected chi connectivity index (χ0v) is 12.8. The van der Waals surface area contributed by atoms with Gasteiger partial charge in [0.1, 0.15) is 15.6 Å². The summed E-state index contributed by atoms with van der Waals surface area (Å²) in [5, 5.41) is 5.65. The van der Waals surface area contributed by atoms with Crippen LogP contribution in [0.15, 0.2) is 22.7 Å². The summed E-state index contributed by atoms with van der Waals surface area (Å²) < 4.78 is 10.4. The van der Waals surface area contributed by atoms with Crippen molar-refractivity contribution in [1.29, 1.82) is 0 Å². The van der Waals surface area contributed by atoms with E-state index in [0.717, 1.165) is 16.5 Å². The number of nitrogens with zero attached hydrogens (tertiary/aromatic N) is 2. The Morgan fingerprint density at radius 2 is 2.19 bits per heavy atom. The van der Waals surface area contributed by atoms with Crippen LogP contribution >= 0.6 is 11.3 Å². The Bertz CT molecular complexity index is 820. The zero-order chi connectivity index (χ0) is 15.0. The Morgan fingerprint density at radius 3 is 2.95 bits per heavy atom. The van der Waals surface area contributed by atoms with E-state index in [-0.39, 0.29) is 5.97 Å². The van der Waals surface area contributed by atoms with Crippen LogP contribution in [-0.2, 0) is 4.74 Å². The largest absolute Gasteiger partial charge is 0.462 e. The maximum absolute atomic E-state index is 11.9. The zero-order valence-electron chi connectivity index (χ0n) is 12.0. The van der Waals surface area contributed by atoms with Crippen molar-refractivity contribution in [1.82, 2.24) is 10.1 Å². The summed E-state index contributed by atoms with van der Waals surface area (Å²) in [4.78, 5) is 16.8. The molecule has 108 valence electrons. The predicted octanol–water partition coefficient (Wildman–Crippen LogP) is 3.74. The van der Waals surface area contributed by atoms with E-state index in [9.17, 15) is 4.79 Å². The third kappa shape index (κ3) is 2.42. The first-order chi connectivity index (χ1) is 10.1. The molecule has 2 aromatic heterocycles. The van der Waals surface area contributed by atoms with Gasteiger partial charge in [0.2, 0.25) is 0 Å². The minimum absolute atomic E-state index is 0.345. The third-order valence-corrected chi connectivity index (χ3v) is 4.23. The molecule has 0 atom stereocenters. The molecule has 0 bridgehead atoms. The monoisotopic (exact) mass is 302 g/mol. The van der Waals surface area contributed by atoms with Gasteiger partial charge in [-0.3, -0.25) is 0 Å². The molecule has 3 rings (SSSR count). The summed E-state index contributed by atoms with van der Waals surface area (Å²) in [6.45, 7) is 5.91. The minimum atomic E-state index is -0.345. The molecular weight excluding hydrogens is 288 g/mol. The van der Waals surface area contributed by atoms with E-state index in [0.29, 0.717) is 27.9 Å². The van der Waals surface area contributed by atoms with E-state index < -0.39 is 0 Å². The molecule has 0 aliphatic carbocycles. The first-order valence-electron chi connectivity index (χ1n) is 6.61. The highest BCUT2D eigenvalue weighted by atomic mass is 32.1. The molecule has 0 N–H and O–H groups in total. The van der Waals surface area contributed by atoms with E-state index in [1.807, 2.05) is 25.1 Å². The fourth-order valence-corrected chi connectivity index (χ4v) is 3.04. The number of ether oxygens (including phenoxy) is 1. The van der Waals surface area contributed by atoms with Gasteiger partial charge in [0.05, 0.1) is 17.7 Å². The predicted molar refractivity (Wildman–Crippen MR) is 80.5 cm³/mol. The van der Waals surface area contributed by atoms with Gasteiger partial charge in [-0.05, 0) is 38.5 Å². The fourth-order valence-electron chi connectivity index (χ4n) is 2.08. The Morgan fingerprint density at radius 1 is 1.38 bits per heavy atom. The van der Waals surface area contributed by atoms with Crippen LogP contribution in [0.5, 0.6) is 0 Å². The molecule has 0 unspecified atom stereocenters. The maximum Gasteiger partial charge on any atom is 0.350 e. The molecule has 0 saturated heterocycles. The summed E-state index contributed by atoms with van der Waals surface area (Å²) in [7, 11) is 0. The van der Waals surface area contributed by atoms with Crippen LogP contribution in [0.2, 0.25) is 0 Å². The molecule has 21 heavy (non-hydrogen) atoms. The van der Waals surface area contributed by atoms with Gasteiger partial charge in [0.25, 0.3) is 0 Å². The number of esters is 1. The van der Waals surface area contributed by atoms with Gasteiger partial charge < -0.3 is 9.26 Å². The second kappa shape index (κ2) is 5.29. The molecule has 0 amide bonds. The summed E-state index contributed by atoms with van der Waals surface area (Å²) in [6, 6.07) is 5.88. The van der Waals surface area contributed by atoms with Crippen molar-refractivity contribution < 1.29 is 14.1 Å². The third-order valence-electron chi connectivity index (χ3n) is 3.09. The van der Waals surface area contributed by atoms with Crippen LogP contribution in [-0.4, -0.2) is 22.7 Å². The summed E-state index contributed by atoms with van der Waals surface area (Å²) in [6.07, 6.45) is 0. The van der Waals surface area contributed by atoms with Crippen molar-refractivity contribution in [2.24, 2.45) is 0 Å². The smallest absolute Gasteiger partial charge is 0.350 e. The lowest BCUT2D eigenvalue weighted by atomic mass is 10.1. The Labute approximate surface area is 125 Å². The van der Waals surface area contributed by atoms with Gasteiger partial charge in [0.15, 0.2) is 5.58 Å². The van der Waals surface area contributed by atoms with Gasteiger partial charge in [-0.1, -0.05) is 11.2 Å². The standard InChI is InChI=1S/C15H14N2O3S/c1-4-19-15(18)13-9(3)16-14(21-13)12-10-6-5-8(2)7-11(10)20-17-12/h5-7H,4H2,1-3H3. The fraction of sp³-hybridized carbons (Fsp3) is 0.267. The molecule has 0 spiro atoms. The van der Waals surface area contributed by atoms with Gasteiger partial charge >= 0.3 is 5.97 Å². The molecule has 3 aromatic rings. The second-order valence-corrected chi connectivity index (χ2v) is 5.68. The SMILES string of the molecule is CCOC(=O)c1sc(-c2noc3cc(C)ccc23)nc1C. The summed E-state index contributed by atoms with van der Waals surface area (Å²) in [5.41, 5.74) is 3.13. The molecule has 0 fully saturated rings. The van der Waals surface area contributed by atoms with E-state index in [1.54, 1.807) is 13.8 Å². The molecule has 0 radical (unpaired) electrons. The van der Waals surface area contributed by atoms with E-state index in [2.05, 4.69) is 10.1 Å². The highest BCUT2D eigenvalue weighted by molar-refractivity contribution is 7.17. The number of hydrogen-bond acceptors (Lipinski definition) is 6. The average molecular weight is 302 g/mol. The number of hydrogen-bond donors (Lipinski definition) is 0. The molecule has 0 aliphatic rings. The lowest BCUT2D eigenvalue weighted by molar-refractivity contribution is 0.0531. The van der Waals surface area contributed by atoms with E-state index in [1.165, 1.54) is 11.3 Å². The van der Waals surface area contributed by atoms with Crippen molar-refractivity contribution in [2.75, 3.05) is 6.61 Å². The number of aryl methyl sites for hydroxylation is 2. The van der Waals surface area contributed by atoms with Crippen LogP contribution in [0.4, 0.5) is 0 Å². The first-order valence-corrected chi connectivity index (χ1v) is 7.42. The lowest BCUT2D eigenvalue weighted by Crippen LogP contribution is -2.03. The van der Waals surface area contributed by atoms with E-state index in [4.69, 9.17) is 9.26 Å². The van der Waals surface area contributed by atoms with Crippen LogP contribution in [0.1, 0.15) is 27.9 Å². The highest BCUT2D eigenvalue weighted by Gasteiger charge is 2.20. The minimum Gasteiger partial charge on any atom is -0.462 e. The highest BCUT2D eigenvalue weighted by Crippen LogP contribution is 2.33. The van der Waals surface area contributed by atoms with Crippen molar-refractivity contribution in [3.8, 4) is 10.7 Å². The van der Waals surface area contributed by atoms with Crippen molar-refractivity contribution >= 4 is 28.3 Å². The molecule has 0 aliphatic heterocycles. The topological polar surface area (TPSA) is 65.2 Å². The van der Waals surface area contributed by atoms with Crippen LogP contribution in [0.3, 0.4) is 0 Å². The van der Waals surface area contributed by atoms with Gasteiger partial charge in [-0.25, -0.2) is 9.78 Å². The normalized spacial score (nSPS) is 11.0. The van der Waals surface area contributed by atoms with Gasteiger partial charge in [0, 0.05) is 0 Å². The first kappa shape index (κ1) is 13.8. The van der Waals surface area contributed by atoms with Crippen molar-refractivity contribution in [3.63, 3.8) is 0 Å². The Balaban J connectivity index is 2.07. The molecule has 5 nitrogen and oxygen atoms in total. The number of carbonyl (C=O) groups excluding carboxylic acids is 1. The summed E-state index contributed by atoms with van der Waals surface area (Å²) in [5.74, 6) is -0.345. The van der Waals surface area contributed by atoms with E-state index >= 15 is 0 Å². The Hall–Kier alpha value is -2.21. The lowest BCUT2D eigenvalue weighted by Gasteiger charge is -1.97. The van der Waals surface area contributed by atoms with Crippen molar-refractivity contribution in [2.45, 2.75) is 20.8 Å². The van der Waals surface area contributed by atoms with Crippen LogP contribution in [0, 0.1) is 13.8 Å². The molecule has 2 heterocycles. The molecule has 0 saturated carbocycles. The molecular formula is C15H14N2O3S. The number of carbonyl (C=O) groups is 1.